The van der Waals surface area contributed by atoms with Gasteiger partial charge >= 0.3 is 0 Å². The summed E-state index contributed by atoms with van der Waals surface area (Å²) in [4.78, 5) is 0. The Morgan fingerprint density at radius 1 is 1.47 bits per heavy atom. The van der Waals surface area contributed by atoms with E-state index in [0.717, 1.165) is 31.4 Å². The first-order valence-electron chi connectivity index (χ1n) is 5.71. The summed E-state index contributed by atoms with van der Waals surface area (Å²) in [6, 6.07) is 0. The van der Waals surface area contributed by atoms with Crippen molar-refractivity contribution in [2.45, 2.75) is 39.8 Å². The summed E-state index contributed by atoms with van der Waals surface area (Å²) in [6.07, 6.45) is 2.66. The van der Waals surface area contributed by atoms with Gasteiger partial charge in [-0.25, -0.2) is 4.68 Å². The van der Waals surface area contributed by atoms with Crippen LogP contribution in [0.5, 0.6) is 0 Å². The maximum absolute atomic E-state index is 4.03. The number of nitrogens with one attached hydrogen (secondary N) is 1. The average molecular weight is 209 g/mol. The highest BCUT2D eigenvalue weighted by Crippen LogP contribution is 2.30. The molecule has 5 nitrogen and oxygen atoms in total. The van der Waals surface area contributed by atoms with Gasteiger partial charge in [0.2, 0.25) is 0 Å². The summed E-state index contributed by atoms with van der Waals surface area (Å²) in [5, 5.41) is 15.1. The summed E-state index contributed by atoms with van der Waals surface area (Å²) >= 11 is 0. The lowest BCUT2D eigenvalue weighted by Crippen LogP contribution is -2.22. The molecule has 0 amide bonds. The number of aromatic nitrogens is 4. The quantitative estimate of drug-likeness (QED) is 0.754. The third-order valence-corrected chi connectivity index (χ3v) is 2.57. The molecule has 0 bridgehead atoms. The normalized spacial score (nSPS) is 16.2. The molecule has 0 radical (unpaired) electrons. The molecule has 1 heterocycles. The molecule has 1 N–H and O–H groups in total. The highest BCUT2D eigenvalue weighted by atomic mass is 15.5. The molecule has 84 valence electrons. The topological polar surface area (TPSA) is 55.6 Å². The van der Waals surface area contributed by atoms with E-state index in [1.807, 2.05) is 4.68 Å². The minimum Gasteiger partial charge on any atom is -0.310 e. The van der Waals surface area contributed by atoms with Crippen LogP contribution in [-0.2, 0) is 13.1 Å². The Morgan fingerprint density at radius 3 is 2.93 bits per heavy atom. The van der Waals surface area contributed by atoms with Gasteiger partial charge < -0.3 is 5.32 Å². The predicted octanol–water partition coefficient (Wildman–Crippen LogP) is 0.829. The largest absolute Gasteiger partial charge is 0.310 e. The van der Waals surface area contributed by atoms with Crippen molar-refractivity contribution in [3.05, 3.63) is 5.82 Å². The Kier molecular flexibility index (Phi) is 3.30. The molecule has 0 aromatic carbocycles. The molecule has 1 saturated carbocycles. The van der Waals surface area contributed by atoms with E-state index in [9.17, 15) is 0 Å². The van der Waals surface area contributed by atoms with Gasteiger partial charge in [-0.2, -0.15) is 0 Å². The smallest absolute Gasteiger partial charge is 0.165 e. The number of rotatable bonds is 6. The number of tetrazole rings is 1. The Bertz CT molecular complexity index is 303. The zero-order valence-electron chi connectivity index (χ0n) is 9.48. The van der Waals surface area contributed by atoms with Crippen LogP contribution < -0.4 is 5.32 Å². The second-order valence-corrected chi connectivity index (χ2v) is 4.75. The summed E-state index contributed by atoms with van der Waals surface area (Å²) < 4.78 is 1.94. The van der Waals surface area contributed by atoms with Gasteiger partial charge in [-0.1, -0.05) is 13.8 Å². The lowest BCUT2D eigenvalue weighted by atomic mass is 10.2. The van der Waals surface area contributed by atoms with E-state index >= 15 is 0 Å². The van der Waals surface area contributed by atoms with Gasteiger partial charge in [0.05, 0.1) is 6.54 Å². The highest BCUT2D eigenvalue weighted by molar-refractivity contribution is 4.83. The summed E-state index contributed by atoms with van der Waals surface area (Å²) in [7, 11) is 0. The lowest BCUT2D eigenvalue weighted by molar-refractivity contribution is 0.491. The Morgan fingerprint density at radius 2 is 2.27 bits per heavy atom. The molecular weight excluding hydrogens is 190 g/mol. The standard InChI is InChI=1S/C10H19N5/c1-8(2)5-11-6-10-12-13-14-15(10)7-9-3-4-9/h8-9,11H,3-7H2,1-2H3. The third kappa shape index (κ3) is 3.27. The molecule has 1 aliphatic carbocycles. The fraction of sp³-hybridized carbons (Fsp3) is 0.900. The molecule has 0 atom stereocenters. The van der Waals surface area contributed by atoms with Crippen molar-refractivity contribution in [2.75, 3.05) is 6.54 Å². The number of hydrogen-bond acceptors (Lipinski definition) is 4. The first-order valence-corrected chi connectivity index (χ1v) is 5.71. The second kappa shape index (κ2) is 4.70. The molecule has 0 unspecified atom stereocenters. The maximum atomic E-state index is 4.03. The van der Waals surface area contributed by atoms with Gasteiger partial charge in [-0.3, -0.25) is 0 Å². The van der Waals surface area contributed by atoms with Crippen molar-refractivity contribution in [1.29, 1.82) is 0 Å². The van der Waals surface area contributed by atoms with Gasteiger partial charge in [0, 0.05) is 6.54 Å². The van der Waals surface area contributed by atoms with Gasteiger partial charge in [0.25, 0.3) is 0 Å². The van der Waals surface area contributed by atoms with Crippen LogP contribution in [0.3, 0.4) is 0 Å². The van der Waals surface area contributed by atoms with Crippen molar-refractivity contribution < 1.29 is 0 Å². The molecule has 1 aromatic heterocycles. The van der Waals surface area contributed by atoms with Crippen molar-refractivity contribution in [3.8, 4) is 0 Å². The van der Waals surface area contributed by atoms with E-state index < -0.39 is 0 Å². The third-order valence-electron chi connectivity index (χ3n) is 2.57. The van der Waals surface area contributed by atoms with Crippen LogP contribution in [0.25, 0.3) is 0 Å². The van der Waals surface area contributed by atoms with Gasteiger partial charge in [-0.15, -0.1) is 5.10 Å². The highest BCUT2D eigenvalue weighted by Gasteiger charge is 2.23. The second-order valence-electron chi connectivity index (χ2n) is 4.75. The van der Waals surface area contributed by atoms with E-state index in [4.69, 9.17) is 0 Å². The molecule has 1 fully saturated rings. The van der Waals surface area contributed by atoms with Crippen molar-refractivity contribution in [3.63, 3.8) is 0 Å². The van der Waals surface area contributed by atoms with Crippen LogP contribution in [0, 0.1) is 11.8 Å². The maximum Gasteiger partial charge on any atom is 0.165 e. The van der Waals surface area contributed by atoms with Crippen LogP contribution >= 0.6 is 0 Å². The molecule has 0 aliphatic heterocycles. The summed E-state index contributed by atoms with van der Waals surface area (Å²) in [6.45, 7) is 7.17. The molecule has 1 aromatic rings. The average Bonchev–Trinajstić information content (AvgIpc) is 2.87. The van der Waals surface area contributed by atoms with Crippen LogP contribution in [0.1, 0.15) is 32.5 Å². The number of hydrogen-bond donors (Lipinski definition) is 1. The van der Waals surface area contributed by atoms with E-state index in [2.05, 4.69) is 34.7 Å². The SMILES string of the molecule is CC(C)CNCc1nnnn1CC1CC1. The van der Waals surface area contributed by atoms with Crippen LogP contribution in [0.2, 0.25) is 0 Å². The minimum atomic E-state index is 0.665. The Labute approximate surface area is 90.2 Å². The first-order chi connectivity index (χ1) is 7.25. The molecule has 5 heteroatoms. The predicted molar refractivity (Wildman–Crippen MR) is 57.1 cm³/mol. The molecular formula is C10H19N5. The van der Waals surface area contributed by atoms with Crippen molar-refractivity contribution >= 4 is 0 Å². The fourth-order valence-electron chi connectivity index (χ4n) is 1.51. The minimum absolute atomic E-state index is 0.665. The Hall–Kier alpha value is -0.970. The van der Waals surface area contributed by atoms with Crippen molar-refractivity contribution in [2.24, 2.45) is 11.8 Å². The van der Waals surface area contributed by atoms with Gasteiger partial charge in [-0.05, 0) is 41.6 Å². The Balaban J connectivity index is 1.81. The molecule has 15 heavy (non-hydrogen) atoms. The monoisotopic (exact) mass is 209 g/mol. The van der Waals surface area contributed by atoms with E-state index in [1.54, 1.807) is 0 Å². The zero-order chi connectivity index (χ0) is 10.7. The molecule has 0 saturated heterocycles. The van der Waals surface area contributed by atoms with Crippen LogP contribution in [0.15, 0.2) is 0 Å². The summed E-state index contributed by atoms with van der Waals surface area (Å²) in [5.41, 5.74) is 0. The van der Waals surface area contributed by atoms with E-state index in [1.165, 1.54) is 12.8 Å². The fourth-order valence-corrected chi connectivity index (χ4v) is 1.51. The van der Waals surface area contributed by atoms with Crippen LogP contribution in [-0.4, -0.2) is 26.8 Å². The summed E-state index contributed by atoms with van der Waals surface area (Å²) in [5.74, 6) is 2.44. The zero-order valence-corrected chi connectivity index (χ0v) is 9.48. The van der Waals surface area contributed by atoms with E-state index in [-0.39, 0.29) is 0 Å². The van der Waals surface area contributed by atoms with Crippen molar-refractivity contribution in [1.82, 2.24) is 25.5 Å². The molecule has 1 aliphatic rings. The first kappa shape index (κ1) is 10.5. The number of nitrogens with zero attached hydrogens (tertiary/aromatic N) is 4. The molecule has 2 rings (SSSR count). The van der Waals surface area contributed by atoms with Crippen LogP contribution in [0.4, 0.5) is 0 Å². The van der Waals surface area contributed by atoms with Gasteiger partial charge in [0.15, 0.2) is 5.82 Å². The molecule has 0 spiro atoms. The van der Waals surface area contributed by atoms with E-state index in [0.29, 0.717) is 5.92 Å². The van der Waals surface area contributed by atoms with Gasteiger partial charge in [0.1, 0.15) is 0 Å². The lowest BCUT2D eigenvalue weighted by Gasteiger charge is -2.07.